The molecule has 98 valence electrons. The average molecular weight is 249 g/mol. The summed E-state index contributed by atoms with van der Waals surface area (Å²) in [7, 11) is 0. The van der Waals surface area contributed by atoms with Gasteiger partial charge in [-0.05, 0) is 55.4 Å². The Bertz CT molecular complexity index is 415. The Morgan fingerprint density at radius 3 is 3.06 bits per heavy atom. The molecule has 2 nitrogen and oxygen atoms in total. The van der Waals surface area contributed by atoms with E-state index in [9.17, 15) is 4.39 Å². The zero-order valence-electron chi connectivity index (χ0n) is 10.6. The lowest BCUT2D eigenvalue weighted by molar-refractivity contribution is 0.0153. The topological polar surface area (TPSA) is 21.3 Å². The first-order valence-corrected chi connectivity index (χ1v) is 6.96. The van der Waals surface area contributed by atoms with Crippen molar-refractivity contribution in [2.45, 2.75) is 44.2 Å². The van der Waals surface area contributed by atoms with E-state index in [1.807, 2.05) is 6.07 Å². The molecule has 1 N–H and O–H groups in total. The van der Waals surface area contributed by atoms with Crippen molar-refractivity contribution >= 4 is 0 Å². The third-order valence-electron chi connectivity index (χ3n) is 4.05. The van der Waals surface area contributed by atoms with Crippen LogP contribution < -0.4 is 5.32 Å². The molecule has 1 aliphatic carbocycles. The van der Waals surface area contributed by atoms with Crippen molar-refractivity contribution in [3.8, 4) is 0 Å². The molecule has 1 aliphatic heterocycles. The van der Waals surface area contributed by atoms with Crippen molar-refractivity contribution in [2.75, 3.05) is 13.2 Å². The molecule has 1 saturated heterocycles. The van der Waals surface area contributed by atoms with E-state index in [-0.39, 0.29) is 5.82 Å². The minimum atomic E-state index is -0.120. The van der Waals surface area contributed by atoms with Crippen LogP contribution in [0.25, 0.3) is 0 Å². The van der Waals surface area contributed by atoms with Gasteiger partial charge in [0.1, 0.15) is 5.82 Å². The van der Waals surface area contributed by atoms with Crippen molar-refractivity contribution in [2.24, 2.45) is 0 Å². The third-order valence-corrected chi connectivity index (χ3v) is 4.05. The van der Waals surface area contributed by atoms with Crippen LogP contribution in [0.15, 0.2) is 18.2 Å². The second-order valence-electron chi connectivity index (χ2n) is 5.33. The summed E-state index contributed by atoms with van der Waals surface area (Å²) >= 11 is 0. The monoisotopic (exact) mass is 249 g/mol. The van der Waals surface area contributed by atoms with Crippen LogP contribution in [-0.4, -0.2) is 19.3 Å². The fraction of sp³-hybridized carbons (Fsp3) is 0.600. The molecule has 0 bridgehead atoms. The predicted octanol–water partition coefficient (Wildman–Crippen LogP) is 2.97. The normalized spacial score (nSPS) is 27.2. The molecule has 1 aromatic rings. The van der Waals surface area contributed by atoms with E-state index in [0.717, 1.165) is 38.0 Å². The second-order valence-corrected chi connectivity index (χ2v) is 5.33. The highest BCUT2D eigenvalue weighted by Gasteiger charge is 2.23. The zero-order chi connectivity index (χ0) is 12.4. The van der Waals surface area contributed by atoms with Gasteiger partial charge >= 0.3 is 0 Å². The molecule has 0 spiro atoms. The number of halogens is 1. The molecule has 0 saturated carbocycles. The SMILES string of the molecule is Fc1ccc2c(c1)CCC2NCC1CCCCO1. The third kappa shape index (κ3) is 2.57. The van der Waals surface area contributed by atoms with Crippen LogP contribution in [0, 0.1) is 5.82 Å². The number of benzene rings is 1. The molecule has 0 amide bonds. The summed E-state index contributed by atoms with van der Waals surface area (Å²) < 4.78 is 18.8. The Hall–Kier alpha value is -0.930. The summed E-state index contributed by atoms with van der Waals surface area (Å²) in [5.74, 6) is -0.120. The maximum absolute atomic E-state index is 13.1. The molecule has 0 radical (unpaired) electrons. The fourth-order valence-electron chi connectivity index (χ4n) is 3.04. The highest BCUT2D eigenvalue weighted by Crippen LogP contribution is 2.31. The molecule has 1 heterocycles. The Labute approximate surface area is 108 Å². The molecular weight excluding hydrogens is 229 g/mol. The lowest BCUT2D eigenvalue weighted by atomic mass is 10.1. The molecule has 1 aromatic carbocycles. The van der Waals surface area contributed by atoms with Crippen LogP contribution >= 0.6 is 0 Å². The molecule has 0 aromatic heterocycles. The first-order chi connectivity index (χ1) is 8.83. The first kappa shape index (κ1) is 12.1. The van der Waals surface area contributed by atoms with Crippen molar-refractivity contribution in [3.05, 3.63) is 35.1 Å². The summed E-state index contributed by atoms with van der Waals surface area (Å²) in [6.45, 7) is 1.82. The Morgan fingerprint density at radius 1 is 1.28 bits per heavy atom. The number of fused-ring (bicyclic) bond motifs is 1. The van der Waals surface area contributed by atoms with E-state index in [2.05, 4.69) is 5.32 Å². The van der Waals surface area contributed by atoms with Gasteiger partial charge < -0.3 is 10.1 Å². The smallest absolute Gasteiger partial charge is 0.123 e. The minimum absolute atomic E-state index is 0.120. The molecule has 18 heavy (non-hydrogen) atoms. The van der Waals surface area contributed by atoms with Gasteiger partial charge in [0.2, 0.25) is 0 Å². The molecule has 3 heteroatoms. The number of hydrogen-bond acceptors (Lipinski definition) is 2. The highest BCUT2D eigenvalue weighted by atomic mass is 19.1. The molecule has 1 fully saturated rings. The number of nitrogens with one attached hydrogen (secondary N) is 1. The van der Waals surface area contributed by atoms with Gasteiger partial charge in [-0.1, -0.05) is 6.07 Å². The van der Waals surface area contributed by atoms with E-state index in [0.29, 0.717) is 12.1 Å². The van der Waals surface area contributed by atoms with Gasteiger partial charge in [-0.3, -0.25) is 0 Å². The van der Waals surface area contributed by atoms with Gasteiger partial charge in [0.05, 0.1) is 6.10 Å². The fourth-order valence-corrected chi connectivity index (χ4v) is 3.04. The van der Waals surface area contributed by atoms with E-state index in [1.54, 1.807) is 12.1 Å². The summed E-state index contributed by atoms with van der Waals surface area (Å²) in [6, 6.07) is 5.55. The van der Waals surface area contributed by atoms with Crippen LogP contribution in [0.1, 0.15) is 42.9 Å². The van der Waals surface area contributed by atoms with Crippen molar-refractivity contribution in [1.29, 1.82) is 0 Å². The lowest BCUT2D eigenvalue weighted by Crippen LogP contribution is -2.33. The van der Waals surface area contributed by atoms with Crippen LogP contribution in [0.5, 0.6) is 0 Å². The lowest BCUT2D eigenvalue weighted by Gasteiger charge is -2.25. The molecule has 3 rings (SSSR count). The van der Waals surface area contributed by atoms with Crippen LogP contribution in [-0.2, 0) is 11.2 Å². The van der Waals surface area contributed by atoms with Gasteiger partial charge in [0, 0.05) is 19.2 Å². The van der Waals surface area contributed by atoms with Gasteiger partial charge in [-0.2, -0.15) is 0 Å². The predicted molar refractivity (Wildman–Crippen MR) is 69.1 cm³/mol. The second kappa shape index (κ2) is 5.37. The van der Waals surface area contributed by atoms with Crippen molar-refractivity contribution < 1.29 is 9.13 Å². The van der Waals surface area contributed by atoms with Crippen LogP contribution in [0.2, 0.25) is 0 Å². The maximum atomic E-state index is 13.1. The first-order valence-electron chi connectivity index (χ1n) is 6.96. The molecular formula is C15H20FNO. The number of rotatable bonds is 3. The average Bonchev–Trinajstić information content (AvgIpc) is 2.80. The van der Waals surface area contributed by atoms with Crippen molar-refractivity contribution in [1.82, 2.24) is 5.32 Å². The highest BCUT2D eigenvalue weighted by molar-refractivity contribution is 5.34. The molecule has 2 unspecified atom stereocenters. The quantitative estimate of drug-likeness (QED) is 0.889. The zero-order valence-corrected chi connectivity index (χ0v) is 10.6. The summed E-state index contributed by atoms with van der Waals surface area (Å²) in [5.41, 5.74) is 2.43. The van der Waals surface area contributed by atoms with E-state index in [4.69, 9.17) is 4.74 Å². The van der Waals surface area contributed by atoms with Gasteiger partial charge in [-0.25, -0.2) is 4.39 Å². The van der Waals surface area contributed by atoms with Crippen molar-refractivity contribution in [3.63, 3.8) is 0 Å². The Morgan fingerprint density at radius 2 is 2.22 bits per heavy atom. The van der Waals surface area contributed by atoms with Gasteiger partial charge in [0.25, 0.3) is 0 Å². The minimum Gasteiger partial charge on any atom is -0.377 e. The summed E-state index contributed by atoms with van der Waals surface area (Å²) in [5, 5.41) is 3.58. The largest absolute Gasteiger partial charge is 0.377 e. The van der Waals surface area contributed by atoms with Crippen LogP contribution in [0.4, 0.5) is 4.39 Å². The maximum Gasteiger partial charge on any atom is 0.123 e. The Kier molecular flexibility index (Phi) is 3.62. The van der Waals surface area contributed by atoms with Crippen LogP contribution in [0.3, 0.4) is 0 Å². The number of aryl methyl sites for hydroxylation is 1. The number of hydrogen-bond donors (Lipinski definition) is 1. The Balaban J connectivity index is 1.59. The van der Waals surface area contributed by atoms with Gasteiger partial charge in [-0.15, -0.1) is 0 Å². The van der Waals surface area contributed by atoms with Gasteiger partial charge in [0.15, 0.2) is 0 Å². The number of ether oxygens (including phenoxy) is 1. The summed E-state index contributed by atoms with van der Waals surface area (Å²) in [6.07, 6.45) is 6.06. The van der Waals surface area contributed by atoms with E-state index < -0.39 is 0 Å². The van der Waals surface area contributed by atoms with E-state index >= 15 is 0 Å². The molecule has 2 atom stereocenters. The summed E-state index contributed by atoms with van der Waals surface area (Å²) in [4.78, 5) is 0. The van der Waals surface area contributed by atoms with E-state index in [1.165, 1.54) is 18.4 Å². The molecule has 2 aliphatic rings. The standard InChI is InChI=1S/C15H20FNO/c16-12-5-6-14-11(9-12)4-7-15(14)17-10-13-3-1-2-8-18-13/h5-6,9,13,15,17H,1-4,7-8,10H2.